The summed E-state index contributed by atoms with van der Waals surface area (Å²) in [5.74, 6) is 1.02. The number of rotatable bonds is 5. The van der Waals surface area contributed by atoms with Crippen molar-refractivity contribution in [1.82, 2.24) is 10.2 Å². The van der Waals surface area contributed by atoms with Crippen LogP contribution >= 0.6 is 0 Å². The van der Waals surface area contributed by atoms with E-state index in [1.165, 1.54) is 25.9 Å². The molecule has 0 aromatic heterocycles. The lowest BCUT2D eigenvalue weighted by molar-refractivity contribution is 0.216. The van der Waals surface area contributed by atoms with Crippen LogP contribution in [0.15, 0.2) is 18.2 Å². The van der Waals surface area contributed by atoms with Crippen molar-refractivity contribution in [3.05, 3.63) is 35.1 Å². The topological polar surface area (TPSA) is 15.3 Å². The second-order valence-corrected chi connectivity index (χ2v) is 6.43. The summed E-state index contributed by atoms with van der Waals surface area (Å²) in [5.41, 5.74) is 2.14. The number of piperidine rings is 1. The number of halogens is 1. The molecule has 0 unspecified atom stereocenters. The molecule has 0 saturated carbocycles. The van der Waals surface area contributed by atoms with Crippen molar-refractivity contribution in [3.63, 3.8) is 0 Å². The molecule has 2 nitrogen and oxygen atoms in total. The van der Waals surface area contributed by atoms with Gasteiger partial charge in [-0.1, -0.05) is 19.9 Å². The predicted octanol–water partition coefficient (Wildman–Crippen LogP) is 3.38. The minimum Gasteiger partial charge on any atom is -0.312 e. The van der Waals surface area contributed by atoms with E-state index in [-0.39, 0.29) is 5.82 Å². The number of likely N-dealkylation sites (tertiary alicyclic amines) is 1. The Kier molecular flexibility index (Phi) is 5.55. The normalized spacial score (nSPS) is 17.9. The number of nitrogens with zero attached hydrogens (tertiary/aromatic N) is 1. The molecule has 3 heteroatoms. The van der Waals surface area contributed by atoms with Crippen LogP contribution in [0.2, 0.25) is 0 Å². The summed E-state index contributed by atoms with van der Waals surface area (Å²) in [6.45, 7) is 8.41. The fraction of sp³-hybridized carbons (Fsp3) is 0.647. The summed E-state index contributed by atoms with van der Waals surface area (Å²) >= 11 is 0. The van der Waals surface area contributed by atoms with Gasteiger partial charge in [0, 0.05) is 6.54 Å². The van der Waals surface area contributed by atoms with Gasteiger partial charge in [-0.3, -0.25) is 0 Å². The summed E-state index contributed by atoms with van der Waals surface area (Å²) in [6, 6.07) is 5.41. The second kappa shape index (κ2) is 7.19. The zero-order valence-corrected chi connectivity index (χ0v) is 13.0. The Bertz CT molecular complexity index is 423. The highest BCUT2D eigenvalue weighted by atomic mass is 19.1. The Morgan fingerprint density at radius 3 is 2.60 bits per heavy atom. The standard InChI is InChI=1S/C17H27FN2/c1-13(2)16-8-15(9-17(18)10-16)12-19-11-14-4-6-20(3)7-5-14/h8-10,13-14,19H,4-7,11-12H2,1-3H3. The monoisotopic (exact) mass is 278 g/mol. The fourth-order valence-electron chi connectivity index (χ4n) is 2.80. The molecule has 0 amide bonds. The van der Waals surface area contributed by atoms with E-state index in [0.717, 1.165) is 30.1 Å². The fourth-order valence-corrected chi connectivity index (χ4v) is 2.80. The first-order valence-corrected chi connectivity index (χ1v) is 7.73. The molecule has 20 heavy (non-hydrogen) atoms. The number of hydrogen-bond acceptors (Lipinski definition) is 2. The van der Waals surface area contributed by atoms with E-state index in [2.05, 4.69) is 37.2 Å². The van der Waals surface area contributed by atoms with Crippen molar-refractivity contribution in [2.45, 2.75) is 39.2 Å². The number of hydrogen-bond donors (Lipinski definition) is 1. The van der Waals surface area contributed by atoms with Gasteiger partial charge in [0.2, 0.25) is 0 Å². The van der Waals surface area contributed by atoms with Gasteiger partial charge < -0.3 is 10.2 Å². The van der Waals surface area contributed by atoms with Crippen LogP contribution in [-0.2, 0) is 6.54 Å². The zero-order chi connectivity index (χ0) is 14.5. The van der Waals surface area contributed by atoms with Gasteiger partial charge in [0.25, 0.3) is 0 Å². The molecule has 1 aromatic carbocycles. The molecular formula is C17H27FN2. The SMILES string of the molecule is CC(C)c1cc(F)cc(CNCC2CCN(C)CC2)c1. The molecule has 1 fully saturated rings. The Hall–Kier alpha value is -0.930. The van der Waals surface area contributed by atoms with E-state index in [4.69, 9.17) is 0 Å². The smallest absolute Gasteiger partial charge is 0.123 e. The maximum absolute atomic E-state index is 13.6. The van der Waals surface area contributed by atoms with Crippen molar-refractivity contribution in [2.75, 3.05) is 26.7 Å². The molecule has 2 rings (SSSR count). The molecule has 0 bridgehead atoms. The summed E-state index contributed by atoms with van der Waals surface area (Å²) in [6.07, 6.45) is 2.54. The third kappa shape index (κ3) is 4.57. The Balaban J connectivity index is 1.82. The quantitative estimate of drug-likeness (QED) is 0.888. The van der Waals surface area contributed by atoms with E-state index < -0.39 is 0 Å². The van der Waals surface area contributed by atoms with Crippen molar-refractivity contribution >= 4 is 0 Å². The number of nitrogens with one attached hydrogen (secondary N) is 1. The molecule has 0 atom stereocenters. The van der Waals surface area contributed by atoms with E-state index >= 15 is 0 Å². The molecular weight excluding hydrogens is 251 g/mol. The van der Waals surface area contributed by atoms with Gasteiger partial charge >= 0.3 is 0 Å². The molecule has 1 aliphatic rings. The van der Waals surface area contributed by atoms with Crippen LogP contribution in [0, 0.1) is 11.7 Å². The number of benzene rings is 1. The van der Waals surface area contributed by atoms with Gasteiger partial charge in [-0.05, 0) is 74.6 Å². The van der Waals surface area contributed by atoms with Crippen LogP contribution in [0.5, 0.6) is 0 Å². The largest absolute Gasteiger partial charge is 0.312 e. The molecule has 1 N–H and O–H groups in total. The predicted molar refractivity (Wildman–Crippen MR) is 82.4 cm³/mol. The first kappa shape index (κ1) is 15.5. The van der Waals surface area contributed by atoms with Crippen LogP contribution in [0.25, 0.3) is 0 Å². The first-order valence-electron chi connectivity index (χ1n) is 7.73. The molecule has 1 heterocycles. The van der Waals surface area contributed by atoms with Crippen LogP contribution in [0.3, 0.4) is 0 Å². The van der Waals surface area contributed by atoms with Crippen LogP contribution in [0.1, 0.15) is 43.7 Å². The second-order valence-electron chi connectivity index (χ2n) is 6.43. The van der Waals surface area contributed by atoms with Crippen molar-refractivity contribution in [2.24, 2.45) is 5.92 Å². The van der Waals surface area contributed by atoms with Gasteiger partial charge in [0.1, 0.15) is 5.82 Å². The average Bonchev–Trinajstić information content (AvgIpc) is 2.40. The minimum atomic E-state index is -0.118. The summed E-state index contributed by atoms with van der Waals surface area (Å²) in [4.78, 5) is 2.39. The highest BCUT2D eigenvalue weighted by Crippen LogP contribution is 2.18. The van der Waals surface area contributed by atoms with Gasteiger partial charge in [0.15, 0.2) is 0 Å². The highest BCUT2D eigenvalue weighted by Gasteiger charge is 2.16. The van der Waals surface area contributed by atoms with Gasteiger partial charge in [-0.25, -0.2) is 4.39 Å². The highest BCUT2D eigenvalue weighted by molar-refractivity contribution is 5.26. The van der Waals surface area contributed by atoms with Crippen LogP contribution in [-0.4, -0.2) is 31.6 Å². The van der Waals surface area contributed by atoms with Crippen LogP contribution < -0.4 is 5.32 Å². The average molecular weight is 278 g/mol. The Morgan fingerprint density at radius 2 is 1.95 bits per heavy atom. The Morgan fingerprint density at radius 1 is 1.25 bits per heavy atom. The van der Waals surface area contributed by atoms with Crippen molar-refractivity contribution in [1.29, 1.82) is 0 Å². The van der Waals surface area contributed by atoms with Gasteiger partial charge in [-0.15, -0.1) is 0 Å². The maximum atomic E-state index is 13.6. The summed E-state index contributed by atoms with van der Waals surface area (Å²) in [5, 5.41) is 3.49. The van der Waals surface area contributed by atoms with E-state index in [1.54, 1.807) is 12.1 Å². The Labute approximate surface area is 122 Å². The van der Waals surface area contributed by atoms with Crippen molar-refractivity contribution in [3.8, 4) is 0 Å². The van der Waals surface area contributed by atoms with E-state index in [0.29, 0.717) is 5.92 Å². The minimum absolute atomic E-state index is 0.118. The van der Waals surface area contributed by atoms with Crippen molar-refractivity contribution < 1.29 is 4.39 Å². The third-order valence-corrected chi connectivity index (χ3v) is 4.25. The van der Waals surface area contributed by atoms with Crippen LogP contribution in [0.4, 0.5) is 4.39 Å². The molecule has 0 radical (unpaired) electrons. The molecule has 1 aliphatic heterocycles. The molecule has 1 saturated heterocycles. The summed E-state index contributed by atoms with van der Waals surface area (Å²) in [7, 11) is 2.18. The molecule has 0 aliphatic carbocycles. The first-order chi connectivity index (χ1) is 9.54. The lowest BCUT2D eigenvalue weighted by Gasteiger charge is -2.29. The summed E-state index contributed by atoms with van der Waals surface area (Å²) < 4.78 is 13.6. The van der Waals surface area contributed by atoms with E-state index in [9.17, 15) is 4.39 Å². The zero-order valence-electron chi connectivity index (χ0n) is 13.0. The molecule has 112 valence electrons. The molecule has 0 spiro atoms. The van der Waals surface area contributed by atoms with E-state index in [1.807, 2.05) is 0 Å². The van der Waals surface area contributed by atoms with Gasteiger partial charge in [-0.2, -0.15) is 0 Å². The lowest BCUT2D eigenvalue weighted by atomic mass is 9.97. The lowest BCUT2D eigenvalue weighted by Crippen LogP contribution is -2.34. The van der Waals surface area contributed by atoms with Gasteiger partial charge in [0.05, 0.1) is 0 Å². The maximum Gasteiger partial charge on any atom is 0.123 e. The third-order valence-electron chi connectivity index (χ3n) is 4.25. The molecule has 1 aromatic rings.